The molecule has 1 atom stereocenters. The molecule has 0 aromatic heterocycles. The summed E-state index contributed by atoms with van der Waals surface area (Å²) in [5.41, 5.74) is 0. The van der Waals surface area contributed by atoms with Crippen molar-refractivity contribution in [3.05, 3.63) is 72.9 Å². The topological polar surface area (TPSA) is 78.9 Å². The molecular formula is C61H106O6. The number of esters is 3. The highest BCUT2D eigenvalue weighted by Crippen LogP contribution is 2.16. The molecule has 0 saturated heterocycles. The van der Waals surface area contributed by atoms with Crippen LogP contribution in [0.3, 0.4) is 0 Å². The maximum absolute atomic E-state index is 12.8. The standard InChI is InChI=1S/C61H106O6/c1-4-7-10-13-16-19-22-25-27-29-30-32-33-36-39-42-45-48-51-54-60(63)66-57-58(56-65-59(62)53-50-47-44-41-38-35-24-21-18-15-12-9-6-3)67-61(64)55-52-49-46-43-40-37-34-31-28-26-23-20-17-14-11-8-5-2/h9,12,15,18,21,24,26,28,34,37,43,46,58H,4-8,10-11,13-14,16-17,19-20,22-23,25,27,29-33,35-36,38-42,44-45,47-57H2,1-3H3/b12-9+,18-15+,24-21+,28-26+,37-34+,46-43+. The molecule has 0 bridgehead atoms. The van der Waals surface area contributed by atoms with Crippen LogP contribution >= 0.6 is 0 Å². The molecule has 0 saturated carbocycles. The maximum Gasteiger partial charge on any atom is 0.306 e. The normalized spacial score (nSPS) is 12.6. The highest BCUT2D eigenvalue weighted by Gasteiger charge is 2.19. The highest BCUT2D eigenvalue weighted by molar-refractivity contribution is 5.71. The average Bonchev–Trinajstić information content (AvgIpc) is 3.33. The van der Waals surface area contributed by atoms with Gasteiger partial charge in [0.15, 0.2) is 6.10 Å². The fourth-order valence-electron chi connectivity index (χ4n) is 7.99. The van der Waals surface area contributed by atoms with E-state index in [1.807, 2.05) is 0 Å². The number of carbonyl (C=O) groups excluding carboxylic acids is 3. The van der Waals surface area contributed by atoms with Crippen molar-refractivity contribution in [1.29, 1.82) is 0 Å². The molecule has 0 aromatic rings. The first-order valence-electron chi connectivity index (χ1n) is 28.5. The Balaban J connectivity index is 4.42. The quantitative estimate of drug-likeness (QED) is 0.0199. The van der Waals surface area contributed by atoms with Crippen LogP contribution in [0.2, 0.25) is 0 Å². The zero-order valence-electron chi connectivity index (χ0n) is 44.2. The lowest BCUT2D eigenvalue weighted by Gasteiger charge is -2.18. The van der Waals surface area contributed by atoms with Crippen molar-refractivity contribution in [1.82, 2.24) is 0 Å². The van der Waals surface area contributed by atoms with Crippen molar-refractivity contribution in [2.24, 2.45) is 0 Å². The summed E-state index contributed by atoms with van der Waals surface area (Å²) in [5.74, 6) is -0.966. The summed E-state index contributed by atoms with van der Waals surface area (Å²) in [6.45, 7) is 6.46. The predicted octanol–water partition coefficient (Wildman–Crippen LogP) is 19.0. The van der Waals surface area contributed by atoms with Gasteiger partial charge < -0.3 is 14.2 Å². The molecule has 0 heterocycles. The molecule has 67 heavy (non-hydrogen) atoms. The molecule has 6 heteroatoms. The Hall–Kier alpha value is -3.15. The second kappa shape index (κ2) is 55.4. The van der Waals surface area contributed by atoms with Crippen LogP contribution in [0.1, 0.15) is 278 Å². The molecule has 1 unspecified atom stereocenters. The van der Waals surface area contributed by atoms with E-state index in [2.05, 4.69) is 93.7 Å². The second-order valence-corrected chi connectivity index (χ2v) is 18.9. The van der Waals surface area contributed by atoms with E-state index in [1.54, 1.807) is 0 Å². The third kappa shape index (κ3) is 53.7. The minimum atomic E-state index is -0.809. The van der Waals surface area contributed by atoms with Crippen molar-refractivity contribution in [2.75, 3.05) is 13.2 Å². The zero-order chi connectivity index (χ0) is 48.6. The fourth-order valence-corrected chi connectivity index (χ4v) is 7.99. The molecule has 0 aliphatic heterocycles. The molecule has 0 aliphatic carbocycles. The first kappa shape index (κ1) is 63.8. The van der Waals surface area contributed by atoms with Crippen LogP contribution in [-0.4, -0.2) is 37.2 Å². The molecule has 0 rings (SSSR count). The predicted molar refractivity (Wildman–Crippen MR) is 288 cm³/mol. The van der Waals surface area contributed by atoms with E-state index in [9.17, 15) is 14.4 Å². The Morgan fingerprint density at radius 1 is 0.328 bits per heavy atom. The summed E-state index contributed by atoms with van der Waals surface area (Å²) in [7, 11) is 0. The Labute approximate surface area is 414 Å². The van der Waals surface area contributed by atoms with Crippen LogP contribution in [0.25, 0.3) is 0 Å². The fraction of sp³-hybridized carbons (Fsp3) is 0.754. The van der Waals surface area contributed by atoms with Gasteiger partial charge in [0.05, 0.1) is 0 Å². The first-order chi connectivity index (χ1) is 33.0. The summed E-state index contributed by atoms with van der Waals surface area (Å²) in [5, 5.41) is 0. The number of hydrogen-bond donors (Lipinski definition) is 0. The molecule has 0 amide bonds. The van der Waals surface area contributed by atoms with E-state index in [0.717, 1.165) is 83.5 Å². The van der Waals surface area contributed by atoms with Crippen molar-refractivity contribution in [2.45, 2.75) is 284 Å². The van der Waals surface area contributed by atoms with E-state index in [1.165, 1.54) is 148 Å². The SMILES string of the molecule is CC/C=C/C=C/C=C/CCCCCCCC(=O)OCC(COC(=O)CCCCCCCCCCCCCCCCCCCCC)OC(=O)CCC/C=C/C/C=C/C/C=C/CCCCCCCC. The van der Waals surface area contributed by atoms with Crippen LogP contribution in [0.15, 0.2) is 72.9 Å². The lowest BCUT2D eigenvalue weighted by molar-refractivity contribution is -0.167. The Morgan fingerprint density at radius 3 is 1.07 bits per heavy atom. The van der Waals surface area contributed by atoms with Gasteiger partial charge in [0, 0.05) is 19.3 Å². The lowest BCUT2D eigenvalue weighted by Crippen LogP contribution is -2.30. The smallest absolute Gasteiger partial charge is 0.306 e. The van der Waals surface area contributed by atoms with Crippen LogP contribution in [0.4, 0.5) is 0 Å². The average molecular weight is 936 g/mol. The van der Waals surface area contributed by atoms with Crippen LogP contribution < -0.4 is 0 Å². The van der Waals surface area contributed by atoms with E-state index in [0.29, 0.717) is 19.3 Å². The van der Waals surface area contributed by atoms with E-state index < -0.39 is 6.10 Å². The number of rotatable bonds is 51. The van der Waals surface area contributed by atoms with Gasteiger partial charge in [0.2, 0.25) is 0 Å². The molecule has 0 fully saturated rings. The van der Waals surface area contributed by atoms with Crippen LogP contribution in [0.5, 0.6) is 0 Å². The zero-order valence-corrected chi connectivity index (χ0v) is 44.2. The number of carbonyl (C=O) groups is 3. The number of hydrogen-bond acceptors (Lipinski definition) is 6. The highest BCUT2D eigenvalue weighted by atomic mass is 16.6. The first-order valence-corrected chi connectivity index (χ1v) is 28.5. The molecule has 6 nitrogen and oxygen atoms in total. The lowest BCUT2D eigenvalue weighted by atomic mass is 10.0. The Morgan fingerprint density at radius 2 is 0.657 bits per heavy atom. The summed E-state index contributed by atoms with van der Waals surface area (Å²) >= 11 is 0. The van der Waals surface area contributed by atoms with Gasteiger partial charge in [-0.05, 0) is 70.6 Å². The molecule has 0 spiro atoms. The molecule has 0 aromatic carbocycles. The van der Waals surface area contributed by atoms with Gasteiger partial charge in [-0.2, -0.15) is 0 Å². The Bertz CT molecular complexity index is 1260. The van der Waals surface area contributed by atoms with Crippen molar-refractivity contribution >= 4 is 17.9 Å². The molecule has 0 N–H and O–H groups in total. The van der Waals surface area contributed by atoms with E-state index in [-0.39, 0.29) is 37.5 Å². The maximum atomic E-state index is 12.8. The van der Waals surface area contributed by atoms with Gasteiger partial charge in [-0.3, -0.25) is 14.4 Å². The monoisotopic (exact) mass is 935 g/mol. The largest absolute Gasteiger partial charge is 0.462 e. The number of ether oxygens (including phenoxy) is 3. The van der Waals surface area contributed by atoms with Crippen molar-refractivity contribution in [3.63, 3.8) is 0 Å². The second-order valence-electron chi connectivity index (χ2n) is 18.9. The third-order valence-electron chi connectivity index (χ3n) is 12.3. The molecule has 386 valence electrons. The summed E-state index contributed by atoms with van der Waals surface area (Å²) in [4.78, 5) is 38.1. The molecule has 0 aliphatic rings. The summed E-state index contributed by atoms with van der Waals surface area (Å²) in [6.07, 6.45) is 70.5. The van der Waals surface area contributed by atoms with Gasteiger partial charge in [0.25, 0.3) is 0 Å². The minimum absolute atomic E-state index is 0.100. The molecule has 0 radical (unpaired) electrons. The number of unbranched alkanes of at least 4 members (excludes halogenated alkanes) is 30. The third-order valence-corrected chi connectivity index (χ3v) is 12.3. The van der Waals surface area contributed by atoms with Gasteiger partial charge in [0.1, 0.15) is 13.2 Å². The van der Waals surface area contributed by atoms with Gasteiger partial charge in [-0.15, -0.1) is 0 Å². The van der Waals surface area contributed by atoms with Crippen molar-refractivity contribution < 1.29 is 28.6 Å². The van der Waals surface area contributed by atoms with Gasteiger partial charge >= 0.3 is 17.9 Å². The minimum Gasteiger partial charge on any atom is -0.462 e. The van der Waals surface area contributed by atoms with Crippen molar-refractivity contribution in [3.8, 4) is 0 Å². The summed E-state index contributed by atoms with van der Waals surface area (Å²) < 4.78 is 16.8. The van der Waals surface area contributed by atoms with Crippen LogP contribution in [0, 0.1) is 0 Å². The van der Waals surface area contributed by atoms with Gasteiger partial charge in [-0.25, -0.2) is 0 Å². The number of allylic oxidation sites excluding steroid dienone is 12. The molecular weight excluding hydrogens is 829 g/mol. The summed E-state index contributed by atoms with van der Waals surface area (Å²) in [6, 6.07) is 0. The van der Waals surface area contributed by atoms with Crippen LogP contribution in [-0.2, 0) is 28.6 Å². The van der Waals surface area contributed by atoms with E-state index >= 15 is 0 Å². The van der Waals surface area contributed by atoms with Gasteiger partial charge in [-0.1, -0.05) is 261 Å². The Kier molecular flexibility index (Phi) is 52.8. The van der Waals surface area contributed by atoms with E-state index in [4.69, 9.17) is 14.2 Å².